The molecule has 5 rings (SSSR count). The summed E-state index contributed by atoms with van der Waals surface area (Å²) in [6.45, 7) is 4.26. The van der Waals surface area contributed by atoms with Crippen molar-refractivity contribution in [3.63, 3.8) is 0 Å². The van der Waals surface area contributed by atoms with E-state index >= 15 is 0 Å². The van der Waals surface area contributed by atoms with Gasteiger partial charge in [0, 0.05) is 39.9 Å². The zero-order chi connectivity index (χ0) is 31.9. The van der Waals surface area contributed by atoms with Crippen LogP contribution in [0.3, 0.4) is 0 Å². The summed E-state index contributed by atoms with van der Waals surface area (Å²) in [4.78, 5) is 24.7. The molecule has 1 aliphatic rings. The Kier molecular flexibility index (Phi) is 9.91. The van der Waals surface area contributed by atoms with E-state index in [9.17, 15) is 14.7 Å². The van der Waals surface area contributed by atoms with Crippen LogP contribution in [0, 0.1) is 0 Å². The van der Waals surface area contributed by atoms with E-state index in [0.717, 1.165) is 22.0 Å². The monoisotopic (exact) mass is 631 g/mol. The minimum atomic E-state index is -1.13. The third-order valence-corrected chi connectivity index (χ3v) is 7.59. The first-order valence-electron chi connectivity index (χ1n) is 14.3. The largest absolute Gasteiger partial charge is 0.490 e. The summed E-state index contributed by atoms with van der Waals surface area (Å²) in [5.41, 5.74) is 6.87. The van der Waals surface area contributed by atoms with Crippen molar-refractivity contribution in [3.05, 3.63) is 106 Å². The number of benzene rings is 3. The highest BCUT2D eigenvalue weighted by Crippen LogP contribution is 2.35. The number of urea groups is 1. The number of rotatable bonds is 12. The smallest absolute Gasteiger partial charge is 0.337 e. The molecule has 11 nitrogen and oxygen atoms in total. The molecule has 4 N–H and O–H groups in total. The quantitative estimate of drug-likeness (QED) is 0.0759. The number of hydrogen-bond donors (Lipinski definition) is 4. The molecule has 0 saturated carbocycles. The summed E-state index contributed by atoms with van der Waals surface area (Å²) in [7, 11) is 1.28. The fourth-order valence-corrected chi connectivity index (χ4v) is 5.33. The predicted octanol–water partition coefficient (Wildman–Crippen LogP) is 4.86. The number of nitrogens with one attached hydrogen (secondary N) is 3. The number of hydrogen-bond acceptors (Lipinski definition) is 8. The van der Waals surface area contributed by atoms with Gasteiger partial charge in [0.05, 0.1) is 31.5 Å². The number of nitrogens with zero attached hydrogens (tertiary/aromatic N) is 2. The van der Waals surface area contributed by atoms with Crippen LogP contribution in [0.2, 0.25) is 5.02 Å². The van der Waals surface area contributed by atoms with Crippen molar-refractivity contribution >= 4 is 40.7 Å². The van der Waals surface area contributed by atoms with E-state index in [0.29, 0.717) is 40.9 Å². The summed E-state index contributed by atoms with van der Waals surface area (Å²) in [5, 5.41) is 21.9. The van der Waals surface area contributed by atoms with Gasteiger partial charge in [0.1, 0.15) is 6.61 Å². The lowest BCUT2D eigenvalue weighted by Crippen LogP contribution is -2.45. The normalized spacial score (nSPS) is 15.5. The number of methoxy groups -OCH3 is 1. The highest BCUT2D eigenvalue weighted by molar-refractivity contribution is 6.31. The molecule has 1 aliphatic heterocycles. The van der Waals surface area contributed by atoms with E-state index in [-0.39, 0.29) is 12.2 Å². The molecule has 4 aromatic rings. The van der Waals surface area contributed by atoms with Gasteiger partial charge in [0.2, 0.25) is 0 Å². The van der Waals surface area contributed by atoms with Crippen LogP contribution >= 0.6 is 11.6 Å². The number of fused-ring (bicyclic) bond motifs is 1. The number of esters is 1. The molecule has 3 aromatic carbocycles. The summed E-state index contributed by atoms with van der Waals surface area (Å²) in [5.74, 6) is 0.184. The second-order valence-electron chi connectivity index (χ2n) is 10.2. The first kappa shape index (κ1) is 31.4. The van der Waals surface area contributed by atoms with Crippen molar-refractivity contribution in [2.24, 2.45) is 5.10 Å². The molecule has 0 spiro atoms. The molecule has 2 atom stereocenters. The van der Waals surface area contributed by atoms with Gasteiger partial charge in [-0.2, -0.15) is 5.10 Å². The number of aliphatic hydroxyl groups is 1. The number of aliphatic hydroxyl groups excluding tert-OH is 1. The highest BCUT2D eigenvalue weighted by atomic mass is 35.5. The van der Waals surface area contributed by atoms with Crippen LogP contribution in [0.15, 0.2) is 89.3 Å². The van der Waals surface area contributed by atoms with E-state index in [4.69, 9.17) is 25.8 Å². The number of hydrazone groups is 1. The Hall–Kier alpha value is -5.00. The Morgan fingerprint density at radius 1 is 1.13 bits per heavy atom. The number of halogens is 1. The first-order valence-corrected chi connectivity index (χ1v) is 14.7. The Labute approximate surface area is 265 Å². The van der Waals surface area contributed by atoms with Gasteiger partial charge in [-0.3, -0.25) is 5.43 Å². The van der Waals surface area contributed by atoms with Gasteiger partial charge in [-0.05, 0) is 49.2 Å². The Morgan fingerprint density at radius 3 is 2.69 bits per heavy atom. The van der Waals surface area contributed by atoms with Gasteiger partial charge in [0.25, 0.3) is 0 Å². The average molecular weight is 632 g/mol. The minimum Gasteiger partial charge on any atom is -0.490 e. The molecular formula is C33H34ClN5O6. The number of carbonyl (C=O) groups excluding carboxylic acids is 2. The number of para-hydroxylation sites is 1. The number of amides is 2. The van der Waals surface area contributed by atoms with Gasteiger partial charge in [-0.25, -0.2) is 9.59 Å². The van der Waals surface area contributed by atoms with Crippen molar-refractivity contribution in [2.45, 2.75) is 32.7 Å². The van der Waals surface area contributed by atoms with E-state index in [1.54, 1.807) is 31.3 Å². The van der Waals surface area contributed by atoms with Gasteiger partial charge in [0.15, 0.2) is 17.7 Å². The topological polar surface area (TPSA) is 135 Å². The molecule has 2 amide bonds. The predicted molar refractivity (Wildman–Crippen MR) is 171 cm³/mol. The summed E-state index contributed by atoms with van der Waals surface area (Å²) < 4.78 is 18.7. The van der Waals surface area contributed by atoms with Crippen molar-refractivity contribution in [1.82, 2.24) is 20.6 Å². The number of aromatic nitrogens is 1. The fraction of sp³-hybridized carbons (Fsp3) is 0.242. The van der Waals surface area contributed by atoms with E-state index in [1.807, 2.05) is 61.7 Å². The summed E-state index contributed by atoms with van der Waals surface area (Å²) in [6, 6.07) is 19.6. The maximum atomic E-state index is 12.5. The minimum absolute atomic E-state index is 0.137. The molecular weight excluding hydrogens is 598 g/mol. The van der Waals surface area contributed by atoms with Gasteiger partial charge in [-0.1, -0.05) is 54.1 Å². The van der Waals surface area contributed by atoms with Crippen LogP contribution in [0.5, 0.6) is 11.5 Å². The van der Waals surface area contributed by atoms with Crippen LogP contribution in [0.1, 0.15) is 36.6 Å². The van der Waals surface area contributed by atoms with Crippen LogP contribution < -0.4 is 25.5 Å². The van der Waals surface area contributed by atoms with Gasteiger partial charge >= 0.3 is 12.0 Å². The van der Waals surface area contributed by atoms with Gasteiger partial charge < -0.3 is 34.5 Å². The van der Waals surface area contributed by atoms with E-state index < -0.39 is 24.3 Å². The summed E-state index contributed by atoms with van der Waals surface area (Å²) >= 11 is 6.40. The molecule has 0 bridgehead atoms. The van der Waals surface area contributed by atoms with Crippen LogP contribution in [0.25, 0.3) is 10.9 Å². The maximum absolute atomic E-state index is 12.5. The molecule has 0 aliphatic carbocycles. The van der Waals surface area contributed by atoms with Crippen molar-refractivity contribution in [3.8, 4) is 11.5 Å². The third kappa shape index (κ3) is 7.22. The fourth-order valence-electron chi connectivity index (χ4n) is 5.13. The highest BCUT2D eigenvalue weighted by Gasteiger charge is 2.32. The lowest BCUT2D eigenvalue weighted by Gasteiger charge is -2.28. The van der Waals surface area contributed by atoms with Crippen LogP contribution in [-0.4, -0.2) is 54.4 Å². The van der Waals surface area contributed by atoms with Crippen molar-refractivity contribution in [1.29, 1.82) is 0 Å². The Balaban J connectivity index is 1.26. The molecule has 0 saturated heterocycles. The first-order chi connectivity index (χ1) is 21.8. The second-order valence-corrected chi connectivity index (χ2v) is 10.6. The van der Waals surface area contributed by atoms with Gasteiger partial charge in [-0.15, -0.1) is 0 Å². The maximum Gasteiger partial charge on any atom is 0.337 e. The molecule has 2 heterocycles. The van der Waals surface area contributed by atoms with E-state index in [2.05, 4.69) is 25.7 Å². The Bertz CT molecular complexity index is 1770. The number of allylic oxidation sites excluding steroid dienone is 1. The molecule has 0 radical (unpaired) electrons. The molecule has 1 aromatic heterocycles. The molecule has 12 heteroatoms. The number of ether oxygens (including phenoxy) is 3. The Morgan fingerprint density at radius 2 is 1.91 bits per heavy atom. The standard InChI is InChI=1S/C33H34ClN5O6/c1-4-44-28-15-21(31-30(32(41)43-3)20(2)36-33(42)37-31)13-14-27(28)45-19-29(40)38-35-16-23-18-39(26-12-8-6-10-24(23)26)17-22-9-5-7-11-25(22)34/h5-16,18,29,31,38,40H,4,17,19H2,1-3H3,(H2,36,37,42)/b35-16+/t29-,31+/m0/s1. The number of carbonyl (C=O) groups is 2. The lowest BCUT2D eigenvalue weighted by atomic mass is 9.95. The second kappa shape index (κ2) is 14.2. The SMILES string of the molecule is CCOc1cc([C@H]2NC(=O)NC(C)=C2C(=O)OC)ccc1OC[C@H](O)N/N=C/c1cn(Cc2ccccc2Cl)c2ccccc12. The molecule has 45 heavy (non-hydrogen) atoms. The van der Waals surface area contributed by atoms with Crippen molar-refractivity contribution < 1.29 is 28.9 Å². The zero-order valence-corrected chi connectivity index (χ0v) is 25.8. The molecule has 234 valence electrons. The molecule has 0 fully saturated rings. The average Bonchev–Trinajstić information content (AvgIpc) is 3.38. The lowest BCUT2D eigenvalue weighted by molar-refractivity contribution is -0.136. The van der Waals surface area contributed by atoms with Crippen molar-refractivity contribution in [2.75, 3.05) is 20.3 Å². The molecule has 0 unspecified atom stereocenters. The third-order valence-electron chi connectivity index (χ3n) is 7.22. The van der Waals surface area contributed by atoms with E-state index in [1.165, 1.54) is 7.11 Å². The summed E-state index contributed by atoms with van der Waals surface area (Å²) in [6.07, 6.45) is 2.51. The zero-order valence-electron chi connectivity index (χ0n) is 25.0. The van der Waals surface area contributed by atoms with Crippen LogP contribution in [0.4, 0.5) is 4.79 Å². The van der Waals surface area contributed by atoms with Crippen LogP contribution in [-0.2, 0) is 16.1 Å².